The lowest BCUT2D eigenvalue weighted by atomic mass is 10.1. The molecule has 0 fully saturated rings. The van der Waals surface area contributed by atoms with Crippen molar-refractivity contribution in [2.45, 2.75) is 37.4 Å². The van der Waals surface area contributed by atoms with Crippen LogP contribution >= 0.6 is 0 Å². The zero-order valence-corrected chi connectivity index (χ0v) is 26.7. The highest BCUT2D eigenvalue weighted by molar-refractivity contribution is 7.90. The van der Waals surface area contributed by atoms with Crippen molar-refractivity contribution in [3.8, 4) is 17.2 Å². The van der Waals surface area contributed by atoms with E-state index in [4.69, 9.17) is 18.9 Å². The molecule has 2 aromatic heterocycles. The lowest BCUT2D eigenvalue weighted by Gasteiger charge is -2.20. The Balaban J connectivity index is 1.50. The second-order valence-electron chi connectivity index (χ2n) is 10.1. The number of carbonyl (C=O) groups is 2. The predicted molar refractivity (Wildman–Crippen MR) is 163 cm³/mol. The fourth-order valence-electron chi connectivity index (χ4n) is 4.60. The van der Waals surface area contributed by atoms with Gasteiger partial charge in [-0.15, -0.1) is 0 Å². The van der Waals surface area contributed by atoms with Gasteiger partial charge in [-0.2, -0.15) is 18.2 Å². The van der Waals surface area contributed by atoms with E-state index in [1.54, 1.807) is 30.3 Å². The van der Waals surface area contributed by atoms with E-state index >= 15 is 0 Å². The maximum atomic E-state index is 13.7. The molecule has 0 bridgehead atoms. The van der Waals surface area contributed by atoms with E-state index in [1.165, 1.54) is 56.0 Å². The first-order valence-corrected chi connectivity index (χ1v) is 15.4. The summed E-state index contributed by atoms with van der Waals surface area (Å²) in [6.45, 7) is 1.79. The lowest BCUT2D eigenvalue weighted by molar-refractivity contribution is -0.153. The number of fused-ring (bicyclic) bond motifs is 1. The molecule has 46 heavy (non-hydrogen) atoms. The Morgan fingerprint density at radius 1 is 1.09 bits per heavy atom. The van der Waals surface area contributed by atoms with E-state index in [2.05, 4.69) is 9.97 Å². The molecule has 15 heteroatoms. The third kappa shape index (κ3) is 7.83. The lowest BCUT2D eigenvalue weighted by Crippen LogP contribution is -2.35. The number of ether oxygens (including phenoxy) is 4. The van der Waals surface area contributed by atoms with Gasteiger partial charge in [-0.25, -0.2) is 14.2 Å². The average molecular weight is 663 g/mol. The number of amides is 1. The number of likely N-dealkylation sites (N-methyl/N-ethyl adjacent to an activating group) is 1. The van der Waals surface area contributed by atoms with Crippen LogP contribution in [0.3, 0.4) is 0 Å². The predicted octanol–water partition coefficient (Wildman–Crippen LogP) is 5.33. The number of aromatic nitrogens is 3. The number of benzene rings is 2. The number of pyridine rings is 1. The standard InChI is InChI=1S/C31H33F3N4O7S/c1-6-20-15-21(16-26(42-4)27(20)43-5)28(39)44-14-13-37(3)30(40)38-24-10-8-7-9-22(24)36-29(38)46(41)17-23-19(2)25(11-12-35-23)45-18-31(32,33)34/h7-12,15-16H,6,13-14,17-18H2,1-5H3/t46-/m1/s1. The largest absolute Gasteiger partial charge is 0.609 e. The molecule has 0 spiro atoms. The number of imidazole rings is 1. The molecule has 4 rings (SSSR count). The number of nitrogens with zero attached hydrogens (tertiary/aromatic N) is 4. The Labute approximate surface area is 266 Å². The highest BCUT2D eigenvalue weighted by Crippen LogP contribution is 2.33. The highest BCUT2D eigenvalue weighted by atomic mass is 32.2. The minimum atomic E-state index is -4.53. The Morgan fingerprint density at radius 2 is 1.83 bits per heavy atom. The number of hydrogen-bond acceptors (Lipinski definition) is 9. The number of halogens is 3. The van der Waals surface area contributed by atoms with Crippen LogP contribution in [0.5, 0.6) is 17.2 Å². The molecule has 0 unspecified atom stereocenters. The summed E-state index contributed by atoms with van der Waals surface area (Å²) in [6.07, 6.45) is -2.68. The fourth-order valence-corrected chi connectivity index (χ4v) is 5.85. The van der Waals surface area contributed by atoms with Gasteiger partial charge in [0, 0.05) is 30.0 Å². The fraction of sp³-hybridized carbons (Fsp3) is 0.355. The smallest absolute Gasteiger partial charge is 0.422 e. The van der Waals surface area contributed by atoms with Crippen molar-refractivity contribution in [2.24, 2.45) is 0 Å². The third-order valence-corrected chi connectivity index (χ3v) is 8.22. The first kappa shape index (κ1) is 34.4. The van der Waals surface area contributed by atoms with Gasteiger partial charge < -0.3 is 28.4 Å². The number of para-hydroxylation sites is 2. The van der Waals surface area contributed by atoms with E-state index in [9.17, 15) is 27.3 Å². The summed E-state index contributed by atoms with van der Waals surface area (Å²) in [4.78, 5) is 36.4. The monoisotopic (exact) mass is 662 g/mol. The van der Waals surface area contributed by atoms with E-state index in [0.29, 0.717) is 29.0 Å². The molecule has 0 saturated heterocycles. The molecule has 0 radical (unpaired) electrons. The van der Waals surface area contributed by atoms with Crippen molar-refractivity contribution in [3.05, 3.63) is 71.0 Å². The Hall–Kier alpha value is -4.50. The molecule has 1 atom stereocenters. The summed E-state index contributed by atoms with van der Waals surface area (Å²) >= 11 is -1.95. The quantitative estimate of drug-likeness (QED) is 0.146. The molecule has 2 heterocycles. The Morgan fingerprint density at radius 3 is 2.50 bits per heavy atom. The summed E-state index contributed by atoms with van der Waals surface area (Å²) in [5.74, 6) is 0.0198. The normalized spacial score (nSPS) is 12.1. The van der Waals surface area contributed by atoms with Gasteiger partial charge in [0.05, 0.1) is 43.1 Å². The van der Waals surface area contributed by atoms with Gasteiger partial charge in [0.15, 0.2) is 23.9 Å². The number of rotatable bonds is 12. The van der Waals surface area contributed by atoms with Gasteiger partial charge in [-0.05, 0) is 49.2 Å². The number of hydrogen-bond donors (Lipinski definition) is 0. The number of esters is 1. The van der Waals surface area contributed by atoms with Crippen LogP contribution in [-0.4, -0.2) is 83.2 Å². The van der Waals surface area contributed by atoms with Crippen molar-refractivity contribution in [3.63, 3.8) is 0 Å². The van der Waals surface area contributed by atoms with Crippen LogP contribution in [0, 0.1) is 6.92 Å². The van der Waals surface area contributed by atoms with Gasteiger partial charge in [0.2, 0.25) is 0 Å². The first-order valence-electron chi connectivity index (χ1n) is 14.1. The van der Waals surface area contributed by atoms with Crippen LogP contribution in [0.25, 0.3) is 11.0 Å². The summed E-state index contributed by atoms with van der Waals surface area (Å²) in [5.41, 5.74) is 2.34. The van der Waals surface area contributed by atoms with E-state index in [1.807, 2.05) is 6.92 Å². The van der Waals surface area contributed by atoms with Crippen LogP contribution in [0.15, 0.2) is 53.8 Å². The topological polar surface area (TPSA) is 128 Å². The number of alkyl halides is 3. The van der Waals surface area contributed by atoms with Crippen LogP contribution in [-0.2, 0) is 28.1 Å². The second kappa shape index (κ2) is 14.7. The van der Waals surface area contributed by atoms with Crippen LogP contribution in [0.1, 0.15) is 34.1 Å². The zero-order chi connectivity index (χ0) is 33.6. The minimum Gasteiger partial charge on any atom is -0.609 e. The van der Waals surface area contributed by atoms with Crippen molar-refractivity contribution < 1.29 is 46.3 Å². The van der Waals surface area contributed by atoms with Crippen molar-refractivity contribution in [1.82, 2.24) is 19.4 Å². The summed E-state index contributed by atoms with van der Waals surface area (Å²) in [7, 11) is 4.48. The number of carbonyl (C=O) groups excluding carboxylic acids is 2. The Kier molecular flexibility index (Phi) is 11.0. The summed E-state index contributed by atoms with van der Waals surface area (Å²) in [5, 5.41) is -0.0738. The van der Waals surface area contributed by atoms with Gasteiger partial charge in [0.25, 0.3) is 0 Å². The van der Waals surface area contributed by atoms with Gasteiger partial charge >= 0.3 is 23.3 Å². The summed E-state index contributed by atoms with van der Waals surface area (Å²) in [6, 6.07) is 10.6. The van der Waals surface area contributed by atoms with Crippen molar-refractivity contribution in [2.75, 3.05) is 41.0 Å². The number of methoxy groups -OCH3 is 2. The maximum Gasteiger partial charge on any atom is 0.422 e. The van der Waals surface area contributed by atoms with Crippen molar-refractivity contribution in [1.29, 1.82) is 0 Å². The van der Waals surface area contributed by atoms with E-state index in [0.717, 1.165) is 5.56 Å². The molecule has 246 valence electrons. The molecule has 4 aromatic rings. The average Bonchev–Trinajstić information content (AvgIpc) is 3.43. The van der Waals surface area contributed by atoms with Crippen LogP contribution in [0.4, 0.5) is 18.0 Å². The molecular weight excluding hydrogens is 629 g/mol. The molecule has 0 aliphatic carbocycles. The van der Waals surface area contributed by atoms with E-state index < -0.39 is 36.0 Å². The first-order chi connectivity index (χ1) is 21.9. The van der Waals surface area contributed by atoms with E-state index in [-0.39, 0.29) is 46.6 Å². The SMILES string of the molecule is CCc1cc(C(=O)OCCN(C)C(=O)n2c([S@+]([O-])Cc3nccc(OCC(F)(F)F)c3C)nc3ccccc32)cc(OC)c1OC. The summed E-state index contributed by atoms with van der Waals surface area (Å²) < 4.78 is 74.0. The minimum absolute atomic E-state index is 0.00364. The molecular formula is C31H33F3N4O7S. The maximum absolute atomic E-state index is 13.7. The van der Waals surface area contributed by atoms with Crippen LogP contribution < -0.4 is 14.2 Å². The van der Waals surface area contributed by atoms with Gasteiger partial charge in [-0.1, -0.05) is 19.1 Å². The third-order valence-electron chi connectivity index (χ3n) is 7.00. The molecule has 11 nitrogen and oxygen atoms in total. The molecule has 0 aliphatic heterocycles. The molecule has 0 saturated carbocycles. The highest BCUT2D eigenvalue weighted by Gasteiger charge is 2.31. The van der Waals surface area contributed by atoms with Gasteiger partial charge in [-0.3, -0.25) is 4.98 Å². The van der Waals surface area contributed by atoms with Crippen LogP contribution in [0.2, 0.25) is 0 Å². The molecule has 2 aromatic carbocycles. The second-order valence-corrected chi connectivity index (χ2v) is 11.4. The van der Waals surface area contributed by atoms with Gasteiger partial charge in [0.1, 0.15) is 12.4 Å². The van der Waals surface area contributed by atoms with Crippen molar-refractivity contribution >= 4 is 34.2 Å². The number of aryl methyl sites for hydroxylation is 1. The molecule has 0 aliphatic rings. The Bertz CT molecular complexity index is 1690. The molecule has 0 N–H and O–H groups in total. The molecule has 1 amide bonds. The zero-order valence-electron chi connectivity index (χ0n) is 25.8.